The van der Waals surface area contributed by atoms with Gasteiger partial charge < -0.3 is 14.6 Å². The van der Waals surface area contributed by atoms with Crippen LogP contribution in [0.3, 0.4) is 0 Å². The largest absolute Gasteiger partial charge is 0.481 e. The van der Waals surface area contributed by atoms with Crippen LogP contribution in [-0.4, -0.2) is 29.3 Å². The Bertz CT molecular complexity index is 601. The zero-order valence-corrected chi connectivity index (χ0v) is 20.2. The molecule has 5 nitrogen and oxygen atoms in total. The number of carboxylic acid groups (broad SMARTS) is 1. The molecule has 1 aromatic rings. The minimum atomic E-state index is -0.849. The number of unbranched alkanes of at least 4 members (excludes halogenated alkanes) is 7. The fourth-order valence-corrected chi connectivity index (χ4v) is 3.95. The van der Waals surface area contributed by atoms with Crippen LogP contribution in [0.4, 0.5) is 0 Å². The highest BCUT2D eigenvalue weighted by Crippen LogP contribution is 2.19. The van der Waals surface area contributed by atoms with Crippen molar-refractivity contribution in [1.82, 2.24) is 0 Å². The van der Waals surface area contributed by atoms with Crippen molar-refractivity contribution < 1.29 is 24.2 Å². The molecular weight excluding hydrogens is 404 g/mol. The van der Waals surface area contributed by atoms with Gasteiger partial charge in [0, 0.05) is 13.3 Å². The van der Waals surface area contributed by atoms with Gasteiger partial charge in [-0.2, -0.15) is 0 Å². The zero-order chi connectivity index (χ0) is 23.4. The molecule has 0 spiro atoms. The van der Waals surface area contributed by atoms with Crippen molar-refractivity contribution in [2.75, 3.05) is 0 Å². The highest BCUT2D eigenvalue weighted by molar-refractivity contribution is 5.67. The van der Waals surface area contributed by atoms with Crippen LogP contribution in [0, 0.1) is 0 Å². The van der Waals surface area contributed by atoms with Crippen LogP contribution in [0.5, 0.6) is 0 Å². The fraction of sp³-hybridized carbons (Fsp3) is 0.704. The Morgan fingerprint density at radius 1 is 0.812 bits per heavy atom. The standard InChI is InChI=1S/C27H44O5/c1-3-4-5-6-12-17-25(31-22-24-15-10-9-11-16-24)18-13-7-8-14-19-26(32-23(2)28)20-21-27(29)30/h9-11,15-16,25-26H,3-8,12-14,17-22H2,1-2H3,(H,29,30). The number of aliphatic carboxylic acids is 1. The first-order valence-electron chi connectivity index (χ1n) is 12.6. The molecular formula is C27H44O5. The molecule has 1 rings (SSSR count). The van der Waals surface area contributed by atoms with E-state index in [9.17, 15) is 9.59 Å². The van der Waals surface area contributed by atoms with E-state index in [1.165, 1.54) is 44.6 Å². The van der Waals surface area contributed by atoms with E-state index in [2.05, 4.69) is 31.2 Å². The molecule has 2 unspecified atom stereocenters. The molecule has 0 aromatic heterocycles. The van der Waals surface area contributed by atoms with Gasteiger partial charge in [-0.05, 0) is 37.7 Å². The molecule has 32 heavy (non-hydrogen) atoms. The third kappa shape index (κ3) is 15.9. The molecule has 1 aromatic carbocycles. The number of carbonyl (C=O) groups is 2. The summed E-state index contributed by atoms with van der Waals surface area (Å²) in [4.78, 5) is 22.0. The predicted octanol–water partition coefficient (Wildman–Crippen LogP) is 7.07. The lowest BCUT2D eigenvalue weighted by atomic mass is 10.0. The summed E-state index contributed by atoms with van der Waals surface area (Å²) in [7, 11) is 0. The Balaban J connectivity index is 2.30. The van der Waals surface area contributed by atoms with Gasteiger partial charge in [-0.3, -0.25) is 9.59 Å². The van der Waals surface area contributed by atoms with E-state index < -0.39 is 5.97 Å². The van der Waals surface area contributed by atoms with Crippen LogP contribution in [0.2, 0.25) is 0 Å². The van der Waals surface area contributed by atoms with Gasteiger partial charge in [-0.25, -0.2) is 0 Å². The van der Waals surface area contributed by atoms with Crippen molar-refractivity contribution in [3.63, 3.8) is 0 Å². The van der Waals surface area contributed by atoms with Gasteiger partial charge in [-0.1, -0.05) is 88.6 Å². The zero-order valence-electron chi connectivity index (χ0n) is 20.2. The van der Waals surface area contributed by atoms with Crippen molar-refractivity contribution in [2.24, 2.45) is 0 Å². The van der Waals surface area contributed by atoms with Crippen LogP contribution in [-0.2, 0) is 25.7 Å². The van der Waals surface area contributed by atoms with Crippen LogP contribution in [0.1, 0.15) is 109 Å². The van der Waals surface area contributed by atoms with Crippen molar-refractivity contribution in [3.05, 3.63) is 35.9 Å². The molecule has 0 heterocycles. The van der Waals surface area contributed by atoms with Crippen LogP contribution >= 0.6 is 0 Å². The smallest absolute Gasteiger partial charge is 0.303 e. The number of carboxylic acids is 1. The number of hydrogen-bond donors (Lipinski definition) is 1. The minimum Gasteiger partial charge on any atom is -0.481 e. The first-order valence-corrected chi connectivity index (χ1v) is 12.6. The van der Waals surface area contributed by atoms with Crippen molar-refractivity contribution in [2.45, 2.75) is 123 Å². The molecule has 0 amide bonds. The normalized spacial score (nSPS) is 12.9. The molecule has 0 bridgehead atoms. The third-order valence-electron chi connectivity index (χ3n) is 5.77. The first kappa shape index (κ1) is 28.2. The van der Waals surface area contributed by atoms with E-state index in [-0.39, 0.29) is 18.5 Å². The van der Waals surface area contributed by atoms with E-state index in [4.69, 9.17) is 14.6 Å². The Morgan fingerprint density at radius 2 is 1.38 bits per heavy atom. The second-order valence-electron chi connectivity index (χ2n) is 8.78. The summed E-state index contributed by atoms with van der Waals surface area (Å²) in [6.45, 7) is 4.30. The van der Waals surface area contributed by atoms with Gasteiger partial charge >= 0.3 is 11.9 Å². The lowest BCUT2D eigenvalue weighted by Gasteiger charge is -2.19. The summed E-state index contributed by atoms with van der Waals surface area (Å²) in [6, 6.07) is 10.4. The van der Waals surface area contributed by atoms with E-state index in [1.54, 1.807) is 0 Å². The van der Waals surface area contributed by atoms with Gasteiger partial charge in [0.05, 0.1) is 12.7 Å². The maximum atomic E-state index is 11.2. The van der Waals surface area contributed by atoms with Crippen molar-refractivity contribution >= 4 is 11.9 Å². The number of hydrogen-bond acceptors (Lipinski definition) is 4. The molecule has 0 fully saturated rings. The van der Waals surface area contributed by atoms with Crippen molar-refractivity contribution in [1.29, 1.82) is 0 Å². The van der Waals surface area contributed by atoms with Gasteiger partial charge in [-0.15, -0.1) is 0 Å². The number of rotatable bonds is 20. The lowest BCUT2D eigenvalue weighted by molar-refractivity contribution is -0.149. The Kier molecular flexibility index (Phi) is 16.4. The molecule has 1 N–H and O–H groups in total. The number of ether oxygens (including phenoxy) is 2. The maximum absolute atomic E-state index is 11.2. The summed E-state index contributed by atoms with van der Waals surface area (Å²) < 4.78 is 11.5. The van der Waals surface area contributed by atoms with E-state index in [0.29, 0.717) is 19.1 Å². The van der Waals surface area contributed by atoms with Crippen LogP contribution in [0.15, 0.2) is 30.3 Å². The van der Waals surface area contributed by atoms with E-state index >= 15 is 0 Å². The fourth-order valence-electron chi connectivity index (χ4n) is 3.95. The lowest BCUT2D eigenvalue weighted by Crippen LogP contribution is -2.17. The maximum Gasteiger partial charge on any atom is 0.303 e. The van der Waals surface area contributed by atoms with Gasteiger partial charge in [0.1, 0.15) is 6.10 Å². The molecule has 5 heteroatoms. The molecule has 0 aliphatic carbocycles. The third-order valence-corrected chi connectivity index (χ3v) is 5.77. The summed E-state index contributed by atoms with van der Waals surface area (Å²) in [5, 5.41) is 8.86. The average molecular weight is 449 g/mol. The van der Waals surface area contributed by atoms with Gasteiger partial charge in [0.25, 0.3) is 0 Å². The molecule has 0 aliphatic rings. The molecule has 0 saturated heterocycles. The molecule has 0 saturated carbocycles. The quantitative estimate of drug-likeness (QED) is 0.171. The first-order chi connectivity index (χ1) is 15.5. The second-order valence-corrected chi connectivity index (χ2v) is 8.78. The molecule has 0 aliphatic heterocycles. The Hall–Kier alpha value is -1.88. The SMILES string of the molecule is CCCCCCCC(CCCCCCC(CCC(=O)O)OC(C)=O)OCc1ccccc1. The highest BCUT2D eigenvalue weighted by Gasteiger charge is 2.14. The monoisotopic (exact) mass is 448 g/mol. The number of esters is 1. The second kappa shape index (κ2) is 18.7. The molecule has 0 radical (unpaired) electrons. The predicted molar refractivity (Wildman–Crippen MR) is 129 cm³/mol. The summed E-state index contributed by atoms with van der Waals surface area (Å²) in [6.07, 6.45) is 14.1. The van der Waals surface area contributed by atoms with Gasteiger partial charge in [0.2, 0.25) is 0 Å². The van der Waals surface area contributed by atoms with Gasteiger partial charge in [0.15, 0.2) is 0 Å². The average Bonchev–Trinajstić information content (AvgIpc) is 2.77. The van der Waals surface area contributed by atoms with Crippen LogP contribution < -0.4 is 0 Å². The summed E-state index contributed by atoms with van der Waals surface area (Å²) in [5.74, 6) is -1.18. The minimum absolute atomic E-state index is 0.0383. The Morgan fingerprint density at radius 3 is 1.91 bits per heavy atom. The number of benzene rings is 1. The summed E-state index contributed by atoms with van der Waals surface area (Å²) in [5.41, 5.74) is 1.22. The van der Waals surface area contributed by atoms with E-state index in [1.807, 2.05) is 6.07 Å². The van der Waals surface area contributed by atoms with Crippen molar-refractivity contribution in [3.8, 4) is 0 Å². The topological polar surface area (TPSA) is 72.8 Å². The van der Waals surface area contributed by atoms with Crippen LogP contribution in [0.25, 0.3) is 0 Å². The Labute approximate surface area is 194 Å². The summed E-state index contributed by atoms with van der Waals surface area (Å²) >= 11 is 0. The number of carbonyl (C=O) groups excluding carboxylic acids is 1. The molecule has 2 atom stereocenters. The highest BCUT2D eigenvalue weighted by atomic mass is 16.5. The van der Waals surface area contributed by atoms with E-state index in [0.717, 1.165) is 44.9 Å². The molecule has 182 valence electrons.